The van der Waals surface area contributed by atoms with E-state index < -0.39 is 10.0 Å². The molecule has 1 fully saturated rings. The molecule has 0 saturated heterocycles. The smallest absolute Gasteiger partial charge is 0.209 e. The number of sulfonamides is 1. The zero-order chi connectivity index (χ0) is 11.0. The predicted molar refractivity (Wildman–Crippen MR) is 57.0 cm³/mol. The van der Waals surface area contributed by atoms with Gasteiger partial charge in [-0.25, -0.2) is 13.6 Å². The van der Waals surface area contributed by atoms with Gasteiger partial charge in [-0.05, 0) is 36.6 Å². The average molecular weight is 220 g/mol. The van der Waals surface area contributed by atoms with Crippen LogP contribution in [0.5, 0.6) is 0 Å². The van der Waals surface area contributed by atoms with Crippen LogP contribution in [0, 0.1) is 17.3 Å². The van der Waals surface area contributed by atoms with Gasteiger partial charge in [-0.3, -0.25) is 0 Å². The Morgan fingerprint density at radius 1 is 1.29 bits per heavy atom. The molecule has 3 atom stereocenters. The van der Waals surface area contributed by atoms with Crippen molar-refractivity contribution < 1.29 is 8.42 Å². The first-order valence-electron chi connectivity index (χ1n) is 4.98. The Balaban J connectivity index is 2.80. The minimum Gasteiger partial charge on any atom is -0.330 e. The third-order valence-corrected chi connectivity index (χ3v) is 4.44. The van der Waals surface area contributed by atoms with E-state index in [9.17, 15) is 8.42 Å². The van der Waals surface area contributed by atoms with Crippen molar-refractivity contribution in [3.8, 4) is 0 Å². The molecule has 0 heterocycles. The van der Waals surface area contributed by atoms with Crippen LogP contribution in [0.25, 0.3) is 0 Å². The van der Waals surface area contributed by atoms with Gasteiger partial charge in [0.2, 0.25) is 10.0 Å². The van der Waals surface area contributed by atoms with Crippen LogP contribution in [0.1, 0.15) is 26.7 Å². The third kappa shape index (κ3) is 2.68. The maximum atomic E-state index is 11.1. The van der Waals surface area contributed by atoms with E-state index in [2.05, 4.69) is 13.8 Å². The van der Waals surface area contributed by atoms with Gasteiger partial charge in [0.25, 0.3) is 0 Å². The molecule has 4 N–H and O–H groups in total. The summed E-state index contributed by atoms with van der Waals surface area (Å²) in [5, 5.41) is 5.08. The SMILES string of the molecule is C[C@@H]1CC(CN)(CS(N)(=O)=O)C[C@@H]1C. The highest BCUT2D eigenvalue weighted by molar-refractivity contribution is 7.89. The van der Waals surface area contributed by atoms with Crippen LogP contribution in [0.2, 0.25) is 0 Å². The molecule has 84 valence electrons. The lowest BCUT2D eigenvalue weighted by Gasteiger charge is -2.26. The minimum atomic E-state index is -3.40. The van der Waals surface area contributed by atoms with Crippen LogP contribution in [0.15, 0.2) is 0 Å². The fourth-order valence-corrected chi connectivity index (χ4v) is 3.83. The van der Waals surface area contributed by atoms with Gasteiger partial charge in [0, 0.05) is 0 Å². The first-order valence-corrected chi connectivity index (χ1v) is 6.70. The fraction of sp³-hybridized carbons (Fsp3) is 1.00. The molecule has 0 bridgehead atoms. The lowest BCUT2D eigenvalue weighted by Crippen LogP contribution is -2.38. The van der Waals surface area contributed by atoms with Gasteiger partial charge in [0.1, 0.15) is 0 Å². The van der Waals surface area contributed by atoms with Gasteiger partial charge >= 0.3 is 0 Å². The van der Waals surface area contributed by atoms with Crippen LogP contribution in [-0.4, -0.2) is 20.7 Å². The second kappa shape index (κ2) is 3.79. The summed E-state index contributed by atoms with van der Waals surface area (Å²) in [6, 6.07) is 0. The Bertz CT molecular complexity index is 290. The molecule has 0 radical (unpaired) electrons. The number of hydrogen-bond acceptors (Lipinski definition) is 3. The highest BCUT2D eigenvalue weighted by atomic mass is 32.2. The highest BCUT2D eigenvalue weighted by Crippen LogP contribution is 2.45. The van der Waals surface area contributed by atoms with Crippen molar-refractivity contribution in [3.63, 3.8) is 0 Å². The van der Waals surface area contributed by atoms with E-state index in [1.807, 2.05) is 0 Å². The molecule has 0 aliphatic heterocycles. The number of nitrogens with two attached hydrogens (primary N) is 2. The summed E-state index contributed by atoms with van der Waals surface area (Å²) in [6.45, 7) is 4.70. The van der Waals surface area contributed by atoms with Gasteiger partial charge in [-0.15, -0.1) is 0 Å². The molecule has 0 aromatic heterocycles. The lowest BCUT2D eigenvalue weighted by atomic mass is 9.87. The van der Waals surface area contributed by atoms with Crippen LogP contribution in [0.3, 0.4) is 0 Å². The van der Waals surface area contributed by atoms with Crippen LogP contribution < -0.4 is 10.9 Å². The topological polar surface area (TPSA) is 86.2 Å². The Morgan fingerprint density at radius 3 is 2.00 bits per heavy atom. The first-order chi connectivity index (χ1) is 6.28. The van der Waals surface area contributed by atoms with Crippen molar-refractivity contribution in [3.05, 3.63) is 0 Å². The summed E-state index contributed by atoms with van der Waals surface area (Å²) in [6.07, 6.45) is 1.75. The van der Waals surface area contributed by atoms with Gasteiger partial charge in [0.15, 0.2) is 0 Å². The molecular weight excluding hydrogens is 200 g/mol. The van der Waals surface area contributed by atoms with E-state index in [1.54, 1.807) is 0 Å². The quantitative estimate of drug-likeness (QED) is 0.716. The van der Waals surface area contributed by atoms with Gasteiger partial charge in [0.05, 0.1) is 5.75 Å². The van der Waals surface area contributed by atoms with Crippen LogP contribution >= 0.6 is 0 Å². The molecule has 1 unspecified atom stereocenters. The second-order valence-corrected chi connectivity index (χ2v) is 6.49. The lowest BCUT2D eigenvalue weighted by molar-refractivity contribution is 0.334. The number of rotatable bonds is 3. The van der Waals surface area contributed by atoms with Gasteiger partial charge in [-0.2, -0.15) is 0 Å². The number of hydrogen-bond donors (Lipinski definition) is 2. The van der Waals surface area contributed by atoms with Crippen molar-refractivity contribution in [1.29, 1.82) is 0 Å². The van der Waals surface area contributed by atoms with E-state index in [1.165, 1.54) is 0 Å². The van der Waals surface area contributed by atoms with Crippen molar-refractivity contribution in [1.82, 2.24) is 0 Å². The molecule has 0 spiro atoms. The van der Waals surface area contributed by atoms with Crippen LogP contribution in [-0.2, 0) is 10.0 Å². The minimum absolute atomic E-state index is 0.0329. The molecule has 0 aromatic rings. The van der Waals surface area contributed by atoms with E-state index in [4.69, 9.17) is 10.9 Å². The highest BCUT2D eigenvalue weighted by Gasteiger charge is 2.42. The maximum absolute atomic E-state index is 11.1. The van der Waals surface area contributed by atoms with E-state index in [0.717, 1.165) is 12.8 Å². The third-order valence-electron chi connectivity index (χ3n) is 3.42. The van der Waals surface area contributed by atoms with Crippen molar-refractivity contribution in [2.45, 2.75) is 26.7 Å². The standard InChI is InChI=1S/C9H20N2O2S/c1-7-3-9(5-10,4-8(7)2)6-14(11,12)13/h7-8H,3-6,10H2,1-2H3,(H2,11,12,13)/t7-,8+,9?. The maximum Gasteiger partial charge on any atom is 0.209 e. The Labute approximate surface area is 86.1 Å². The van der Waals surface area contributed by atoms with E-state index >= 15 is 0 Å². The summed E-state index contributed by atoms with van der Waals surface area (Å²) in [7, 11) is -3.40. The molecule has 4 nitrogen and oxygen atoms in total. The summed E-state index contributed by atoms with van der Waals surface area (Å²) in [4.78, 5) is 0. The summed E-state index contributed by atoms with van der Waals surface area (Å²) in [5.41, 5.74) is 5.41. The molecule has 14 heavy (non-hydrogen) atoms. The largest absolute Gasteiger partial charge is 0.330 e. The zero-order valence-electron chi connectivity index (χ0n) is 8.86. The summed E-state index contributed by atoms with van der Waals surface area (Å²) >= 11 is 0. The first kappa shape index (κ1) is 11.9. The Morgan fingerprint density at radius 2 is 1.71 bits per heavy atom. The second-order valence-electron chi connectivity index (χ2n) is 4.87. The monoisotopic (exact) mass is 220 g/mol. The molecule has 1 aliphatic rings. The van der Waals surface area contributed by atoms with Crippen molar-refractivity contribution in [2.75, 3.05) is 12.3 Å². The normalized spacial score (nSPS) is 38.9. The summed E-state index contributed by atoms with van der Waals surface area (Å²) < 4.78 is 22.2. The molecule has 5 heteroatoms. The van der Waals surface area contributed by atoms with E-state index in [0.29, 0.717) is 18.4 Å². The predicted octanol–water partition coefficient (Wildman–Crippen LogP) is 0.286. The molecule has 1 aliphatic carbocycles. The fourth-order valence-electron chi connectivity index (χ4n) is 2.62. The number of primary sulfonamides is 1. The molecule has 1 rings (SSSR count). The molecule has 0 amide bonds. The molecular formula is C9H20N2O2S. The Kier molecular flexibility index (Phi) is 3.23. The van der Waals surface area contributed by atoms with E-state index in [-0.39, 0.29) is 11.2 Å². The average Bonchev–Trinajstić information content (AvgIpc) is 2.25. The Hall–Kier alpha value is -0.130. The van der Waals surface area contributed by atoms with Crippen LogP contribution in [0.4, 0.5) is 0 Å². The van der Waals surface area contributed by atoms with Gasteiger partial charge < -0.3 is 5.73 Å². The zero-order valence-corrected chi connectivity index (χ0v) is 9.68. The molecule has 1 saturated carbocycles. The van der Waals surface area contributed by atoms with Gasteiger partial charge in [-0.1, -0.05) is 13.8 Å². The van der Waals surface area contributed by atoms with Crippen molar-refractivity contribution in [2.24, 2.45) is 28.1 Å². The molecule has 0 aromatic carbocycles. The van der Waals surface area contributed by atoms with Crippen molar-refractivity contribution >= 4 is 10.0 Å². The summed E-state index contributed by atoms with van der Waals surface area (Å²) in [5.74, 6) is 1.12.